The predicted octanol–water partition coefficient (Wildman–Crippen LogP) is 6.09. The van der Waals surface area contributed by atoms with E-state index in [1.54, 1.807) is 43.1 Å². The van der Waals surface area contributed by atoms with Gasteiger partial charge in [-0.25, -0.2) is 9.69 Å². The zero-order valence-electron chi connectivity index (χ0n) is 15.6. The van der Waals surface area contributed by atoms with Gasteiger partial charge in [-0.05, 0) is 12.1 Å². The smallest absolute Gasteiger partial charge is 0.188 e. The Morgan fingerprint density at radius 3 is 1.86 bits per heavy atom. The van der Waals surface area contributed by atoms with Crippen molar-refractivity contribution in [3.63, 3.8) is 0 Å². The summed E-state index contributed by atoms with van der Waals surface area (Å²) in [6.07, 6.45) is 4.68. The van der Waals surface area contributed by atoms with E-state index in [4.69, 9.17) is 32.1 Å². The molecule has 0 amide bonds. The third-order valence-electron chi connectivity index (χ3n) is 3.41. The average Bonchev–Trinajstić information content (AvgIpc) is 2.81. The molecule has 4 rings (SSSR count). The molecule has 0 aromatic heterocycles. The lowest BCUT2D eigenvalue weighted by Gasteiger charge is -2.15. The number of nitrogens with zero attached hydrogens (tertiary/aromatic N) is 2. The van der Waals surface area contributed by atoms with Crippen LogP contribution in [0, 0.1) is 13.1 Å². The molecule has 29 heavy (non-hydrogen) atoms. The van der Waals surface area contributed by atoms with E-state index in [0.29, 0.717) is 43.6 Å². The molecule has 0 bridgehead atoms. The molecule has 2 heterocycles. The van der Waals surface area contributed by atoms with Gasteiger partial charge in [-0.15, -0.1) is 0 Å². The Bertz CT molecular complexity index is 921. The van der Waals surface area contributed by atoms with Crippen LogP contribution in [0.5, 0.6) is 0 Å². The highest BCUT2D eigenvalue weighted by molar-refractivity contribution is 9.10. The summed E-state index contributed by atoms with van der Waals surface area (Å²) >= 11 is 3.26. The van der Waals surface area contributed by atoms with Crippen LogP contribution in [0.15, 0.2) is 71.8 Å². The molecule has 0 N–H and O–H groups in total. The van der Waals surface area contributed by atoms with Gasteiger partial charge in [0.2, 0.25) is 0 Å². The van der Waals surface area contributed by atoms with Gasteiger partial charge in [0.05, 0.1) is 13.1 Å². The molecule has 0 fully saturated rings. The summed E-state index contributed by atoms with van der Waals surface area (Å²) in [5.41, 5.74) is 2.17. The lowest BCUT2D eigenvalue weighted by molar-refractivity contribution is 0.108. The van der Waals surface area contributed by atoms with Crippen molar-refractivity contribution < 1.29 is 18.9 Å². The summed E-state index contributed by atoms with van der Waals surface area (Å²) in [6, 6.07) is 14.6. The van der Waals surface area contributed by atoms with Crippen LogP contribution in [0.4, 0.5) is 11.4 Å². The van der Waals surface area contributed by atoms with Crippen LogP contribution in [0.1, 0.15) is 5.56 Å². The first-order chi connectivity index (χ1) is 14.2. The molecule has 2 aliphatic rings. The Morgan fingerprint density at radius 2 is 1.38 bits per heavy atom. The van der Waals surface area contributed by atoms with E-state index < -0.39 is 0 Å². The maximum atomic E-state index is 6.89. The highest BCUT2D eigenvalue weighted by atomic mass is 79.9. The van der Waals surface area contributed by atoms with Gasteiger partial charge in [0.25, 0.3) is 0 Å². The van der Waals surface area contributed by atoms with Crippen molar-refractivity contribution in [2.45, 2.75) is 0 Å². The first kappa shape index (κ1) is 21.9. The molecule has 148 valence electrons. The number of halogens is 1. The molecule has 0 saturated heterocycles. The Hall–Kier alpha value is -3.42. The fourth-order valence-electron chi connectivity index (χ4n) is 2.11. The molecule has 0 spiro atoms. The first-order valence-electron chi connectivity index (χ1n) is 8.66. The zero-order valence-corrected chi connectivity index (χ0v) is 17.2. The Labute approximate surface area is 178 Å². The predicted molar refractivity (Wildman–Crippen MR) is 114 cm³/mol. The van der Waals surface area contributed by atoms with E-state index in [1.165, 1.54) is 0 Å². The van der Waals surface area contributed by atoms with Gasteiger partial charge in [0.15, 0.2) is 17.1 Å². The van der Waals surface area contributed by atoms with Crippen molar-refractivity contribution >= 4 is 33.1 Å². The molecule has 0 saturated carbocycles. The maximum absolute atomic E-state index is 6.89. The summed E-state index contributed by atoms with van der Waals surface area (Å²) in [6.45, 7) is 16.1. The third-order valence-corrected chi connectivity index (χ3v) is 3.91. The normalized spacial score (nSPS) is 13.6. The van der Waals surface area contributed by atoms with Crippen LogP contribution in [0.3, 0.4) is 0 Å². The van der Waals surface area contributed by atoms with Gasteiger partial charge in [0.1, 0.15) is 45.2 Å². The molecule has 2 aromatic carbocycles. The highest BCUT2D eigenvalue weighted by Crippen LogP contribution is 2.23. The molecule has 7 heteroatoms. The summed E-state index contributed by atoms with van der Waals surface area (Å²) in [5.74, 6) is 0.696. The number of benzene rings is 2. The standard InChI is InChI=1S/C11H9NO2.C7H4BrN.C4H6O2/c1-12-10-4-2-3-9(7-10)11-8-13-5-6-14-11;1-9-7-4-2-3-6(8)5-7;1-2-6-4-3-5-1/h2-4,7-8H,5-6H2;2-5H;1-2H,3-4H2. The molecular formula is C22H19BrN2O4. The summed E-state index contributed by atoms with van der Waals surface area (Å²) in [5, 5.41) is 0. The number of rotatable bonds is 1. The summed E-state index contributed by atoms with van der Waals surface area (Å²) in [7, 11) is 0. The van der Waals surface area contributed by atoms with Crippen LogP contribution in [0.25, 0.3) is 15.4 Å². The summed E-state index contributed by atoms with van der Waals surface area (Å²) in [4.78, 5) is 6.60. The minimum Gasteiger partial charge on any atom is -0.494 e. The van der Waals surface area contributed by atoms with Gasteiger partial charge >= 0.3 is 0 Å². The van der Waals surface area contributed by atoms with Crippen molar-refractivity contribution in [1.82, 2.24) is 0 Å². The first-order valence-corrected chi connectivity index (χ1v) is 9.46. The third kappa shape index (κ3) is 8.42. The fourth-order valence-corrected chi connectivity index (χ4v) is 2.49. The van der Waals surface area contributed by atoms with Crippen LogP contribution in [-0.2, 0) is 18.9 Å². The Morgan fingerprint density at radius 1 is 0.759 bits per heavy atom. The van der Waals surface area contributed by atoms with E-state index in [9.17, 15) is 0 Å². The van der Waals surface area contributed by atoms with Crippen molar-refractivity contribution in [3.8, 4) is 0 Å². The molecule has 0 radical (unpaired) electrons. The Balaban J connectivity index is 0.000000171. The van der Waals surface area contributed by atoms with Crippen molar-refractivity contribution in [2.24, 2.45) is 0 Å². The van der Waals surface area contributed by atoms with Crippen LogP contribution < -0.4 is 0 Å². The molecule has 2 aromatic rings. The molecular weight excluding hydrogens is 436 g/mol. The van der Waals surface area contributed by atoms with E-state index in [0.717, 1.165) is 10.0 Å². The lowest BCUT2D eigenvalue weighted by Crippen LogP contribution is -2.07. The molecule has 2 aliphatic heterocycles. The second kappa shape index (κ2) is 12.9. The molecule has 0 aliphatic carbocycles. The lowest BCUT2D eigenvalue weighted by atomic mass is 10.2. The quantitative estimate of drug-likeness (QED) is 0.489. The number of hydrogen-bond donors (Lipinski definition) is 0. The van der Waals surface area contributed by atoms with E-state index in [2.05, 4.69) is 25.6 Å². The SMILES string of the molecule is C1=COCCO1.[C-]#[N+]c1cccc(Br)c1.[C-]#[N+]c1cccc(C2=COCCO2)c1. The summed E-state index contributed by atoms with van der Waals surface area (Å²) < 4.78 is 21.0. The van der Waals surface area contributed by atoms with E-state index in [1.807, 2.05) is 24.3 Å². The van der Waals surface area contributed by atoms with Crippen LogP contribution >= 0.6 is 15.9 Å². The monoisotopic (exact) mass is 454 g/mol. The van der Waals surface area contributed by atoms with Crippen molar-refractivity contribution in [2.75, 3.05) is 26.4 Å². The van der Waals surface area contributed by atoms with Gasteiger partial charge in [0, 0.05) is 10.0 Å². The Kier molecular flexibility index (Phi) is 9.71. The number of hydrogen-bond acceptors (Lipinski definition) is 4. The largest absolute Gasteiger partial charge is 0.494 e. The van der Waals surface area contributed by atoms with Gasteiger partial charge in [-0.2, -0.15) is 0 Å². The highest BCUT2D eigenvalue weighted by Gasteiger charge is 2.07. The molecule has 6 nitrogen and oxygen atoms in total. The average molecular weight is 455 g/mol. The molecule has 0 unspecified atom stereocenters. The van der Waals surface area contributed by atoms with E-state index in [-0.39, 0.29) is 0 Å². The minimum atomic E-state index is 0.564. The fraction of sp³-hybridized carbons (Fsp3) is 0.182. The zero-order chi connectivity index (χ0) is 20.7. The van der Waals surface area contributed by atoms with Gasteiger partial charge in [-0.3, -0.25) is 0 Å². The second-order valence-electron chi connectivity index (χ2n) is 5.47. The van der Waals surface area contributed by atoms with Crippen molar-refractivity contribution in [3.05, 3.63) is 100 Å². The molecule has 0 atom stereocenters. The minimum absolute atomic E-state index is 0.564. The van der Waals surface area contributed by atoms with Crippen LogP contribution in [0.2, 0.25) is 0 Å². The second-order valence-corrected chi connectivity index (χ2v) is 6.38. The van der Waals surface area contributed by atoms with E-state index >= 15 is 0 Å². The maximum Gasteiger partial charge on any atom is 0.188 e. The number of ether oxygens (including phenoxy) is 4. The van der Waals surface area contributed by atoms with Gasteiger partial charge < -0.3 is 18.9 Å². The topological polar surface area (TPSA) is 45.6 Å². The van der Waals surface area contributed by atoms with Gasteiger partial charge in [-0.1, -0.05) is 52.3 Å². The van der Waals surface area contributed by atoms with Crippen molar-refractivity contribution in [1.29, 1.82) is 0 Å². The van der Waals surface area contributed by atoms with Crippen LogP contribution in [-0.4, -0.2) is 26.4 Å².